The first-order chi connectivity index (χ1) is 16.0. The number of ketones is 1. The highest BCUT2D eigenvalue weighted by Crippen LogP contribution is 2.39. The largest absolute Gasteiger partial charge is 0.497 e. The van der Waals surface area contributed by atoms with Crippen molar-refractivity contribution in [3.8, 4) is 17.2 Å². The van der Waals surface area contributed by atoms with E-state index in [0.29, 0.717) is 16.5 Å². The van der Waals surface area contributed by atoms with Crippen LogP contribution < -0.4 is 9.47 Å². The van der Waals surface area contributed by atoms with Gasteiger partial charge in [-0.25, -0.2) is 0 Å². The number of benzene rings is 3. The van der Waals surface area contributed by atoms with E-state index in [0.717, 1.165) is 28.4 Å². The fourth-order valence-corrected chi connectivity index (χ4v) is 4.73. The molecule has 0 amide bonds. The summed E-state index contributed by atoms with van der Waals surface area (Å²) < 4.78 is 12.5. The van der Waals surface area contributed by atoms with E-state index in [1.54, 1.807) is 38.5 Å². The first kappa shape index (κ1) is 22.6. The van der Waals surface area contributed by atoms with Crippen molar-refractivity contribution in [1.82, 2.24) is 14.8 Å². The Hall–Kier alpha value is -3.58. The number of methoxy groups -OCH3 is 2. The Labute approximate surface area is 197 Å². The molecule has 1 atom stereocenters. The molecule has 0 radical (unpaired) electrons. The van der Waals surface area contributed by atoms with E-state index in [9.17, 15) is 4.79 Å². The van der Waals surface area contributed by atoms with E-state index in [-0.39, 0.29) is 5.78 Å². The fraction of sp³-hybridized carbons (Fsp3) is 0.192. The van der Waals surface area contributed by atoms with Crippen LogP contribution in [0.2, 0.25) is 0 Å². The maximum absolute atomic E-state index is 13.7. The first-order valence-electron chi connectivity index (χ1n) is 10.5. The minimum Gasteiger partial charge on any atom is -0.497 e. The number of nitrogens with zero attached hydrogens (tertiary/aromatic N) is 3. The normalized spacial score (nSPS) is 11.8. The van der Waals surface area contributed by atoms with Gasteiger partial charge in [0.2, 0.25) is 0 Å². The van der Waals surface area contributed by atoms with Gasteiger partial charge in [0.1, 0.15) is 22.6 Å². The van der Waals surface area contributed by atoms with E-state index in [1.807, 2.05) is 60.9 Å². The maximum Gasteiger partial charge on any atom is 0.196 e. The topological polar surface area (TPSA) is 66.2 Å². The zero-order chi connectivity index (χ0) is 23.4. The third-order valence-electron chi connectivity index (χ3n) is 5.31. The number of hydrogen-bond donors (Lipinski definition) is 0. The molecule has 6 nitrogen and oxygen atoms in total. The molecule has 0 saturated carbocycles. The second-order valence-electron chi connectivity index (χ2n) is 7.57. The number of ether oxygens (including phenoxy) is 2. The van der Waals surface area contributed by atoms with Gasteiger partial charge in [-0.15, -0.1) is 10.2 Å². The minimum atomic E-state index is -0.517. The Morgan fingerprint density at radius 2 is 1.52 bits per heavy atom. The van der Waals surface area contributed by atoms with E-state index in [1.165, 1.54) is 11.8 Å². The molecule has 3 aromatic carbocycles. The van der Waals surface area contributed by atoms with Gasteiger partial charge in [-0.1, -0.05) is 36.0 Å². The molecule has 0 fully saturated rings. The van der Waals surface area contributed by atoms with Gasteiger partial charge in [0.25, 0.3) is 0 Å². The number of carbonyl (C=O) groups excluding carboxylic acids is 1. The zero-order valence-corrected chi connectivity index (χ0v) is 19.8. The predicted octanol–water partition coefficient (Wildman–Crippen LogP) is 5.62. The molecule has 33 heavy (non-hydrogen) atoms. The Kier molecular flexibility index (Phi) is 6.79. The number of carbonyl (C=O) groups is 1. The van der Waals surface area contributed by atoms with Gasteiger partial charge in [-0.05, 0) is 73.5 Å². The Bertz CT molecular complexity index is 1250. The minimum absolute atomic E-state index is 0.0238. The van der Waals surface area contributed by atoms with Crippen molar-refractivity contribution in [2.24, 2.45) is 0 Å². The lowest BCUT2D eigenvalue weighted by Gasteiger charge is -2.17. The molecular formula is C26H25N3O3S. The van der Waals surface area contributed by atoms with E-state index >= 15 is 0 Å². The third-order valence-corrected chi connectivity index (χ3v) is 6.51. The average Bonchev–Trinajstić information content (AvgIpc) is 3.22. The summed E-state index contributed by atoms with van der Waals surface area (Å²) in [5.74, 6) is 2.17. The first-order valence-corrected chi connectivity index (χ1v) is 11.4. The SMILES string of the molecule is COc1ccc(C(=O)[C@@H](Sc2nnc(C)n2-c2cccc(C)c2)c2ccc(OC)cc2)cc1. The smallest absolute Gasteiger partial charge is 0.196 e. The monoisotopic (exact) mass is 459 g/mol. The zero-order valence-electron chi connectivity index (χ0n) is 19.0. The summed E-state index contributed by atoms with van der Waals surface area (Å²) in [6, 6.07) is 22.9. The molecule has 7 heteroatoms. The molecule has 0 N–H and O–H groups in total. The molecule has 0 spiro atoms. The summed E-state index contributed by atoms with van der Waals surface area (Å²) in [5.41, 5.74) is 3.56. The summed E-state index contributed by atoms with van der Waals surface area (Å²) in [5, 5.41) is 8.84. The van der Waals surface area contributed by atoms with Crippen LogP contribution >= 0.6 is 11.8 Å². The number of aromatic nitrogens is 3. The number of thioether (sulfide) groups is 1. The molecule has 0 aliphatic carbocycles. The van der Waals surface area contributed by atoms with Crippen LogP contribution in [0.1, 0.15) is 32.6 Å². The summed E-state index contributed by atoms with van der Waals surface area (Å²) in [7, 11) is 3.23. The van der Waals surface area contributed by atoms with Crippen LogP contribution in [0.15, 0.2) is 78.0 Å². The van der Waals surface area contributed by atoms with Crippen molar-refractivity contribution in [1.29, 1.82) is 0 Å². The Morgan fingerprint density at radius 1 is 0.879 bits per heavy atom. The highest BCUT2D eigenvalue weighted by atomic mass is 32.2. The number of rotatable bonds is 8. The standard InChI is InChI=1S/C26H25N3O3S/c1-17-6-5-7-21(16-17)29-18(2)27-28-26(29)33-25(20-10-14-23(32-4)15-11-20)24(30)19-8-12-22(31-3)13-9-19/h5-16,25H,1-4H3/t25-/m0/s1. The highest BCUT2D eigenvalue weighted by molar-refractivity contribution is 8.00. The molecule has 0 bridgehead atoms. The summed E-state index contributed by atoms with van der Waals surface area (Å²) >= 11 is 1.38. The lowest BCUT2D eigenvalue weighted by Crippen LogP contribution is -2.11. The fourth-order valence-electron chi connectivity index (χ4n) is 3.55. The molecule has 4 rings (SSSR count). The van der Waals surface area contributed by atoms with Crippen molar-refractivity contribution in [3.63, 3.8) is 0 Å². The van der Waals surface area contributed by atoms with Gasteiger partial charge < -0.3 is 9.47 Å². The average molecular weight is 460 g/mol. The molecule has 1 aromatic heterocycles. The van der Waals surface area contributed by atoms with E-state index in [2.05, 4.69) is 16.3 Å². The van der Waals surface area contributed by atoms with Crippen LogP contribution in [0.5, 0.6) is 11.5 Å². The Balaban J connectivity index is 1.75. The second-order valence-corrected chi connectivity index (χ2v) is 8.64. The molecule has 1 heterocycles. The van der Waals surface area contributed by atoms with Gasteiger partial charge in [-0.2, -0.15) is 0 Å². The lowest BCUT2D eigenvalue weighted by molar-refractivity contribution is 0.0989. The van der Waals surface area contributed by atoms with Crippen molar-refractivity contribution >= 4 is 17.5 Å². The molecule has 0 unspecified atom stereocenters. The number of hydrogen-bond acceptors (Lipinski definition) is 6. The van der Waals surface area contributed by atoms with E-state index in [4.69, 9.17) is 9.47 Å². The van der Waals surface area contributed by atoms with Gasteiger partial charge in [0.05, 0.1) is 14.2 Å². The maximum atomic E-state index is 13.7. The van der Waals surface area contributed by atoms with Crippen molar-refractivity contribution in [2.45, 2.75) is 24.3 Å². The van der Waals surface area contributed by atoms with Crippen LogP contribution in [0, 0.1) is 13.8 Å². The van der Waals surface area contributed by atoms with Gasteiger partial charge in [0, 0.05) is 11.3 Å². The van der Waals surface area contributed by atoms with Crippen LogP contribution in [-0.2, 0) is 0 Å². The quantitative estimate of drug-likeness (QED) is 0.252. The van der Waals surface area contributed by atoms with Crippen molar-refractivity contribution < 1.29 is 14.3 Å². The van der Waals surface area contributed by atoms with Gasteiger partial charge >= 0.3 is 0 Å². The molecule has 168 valence electrons. The lowest BCUT2D eigenvalue weighted by atomic mass is 10.0. The molecule has 0 aliphatic heterocycles. The van der Waals surface area contributed by atoms with E-state index < -0.39 is 5.25 Å². The van der Waals surface area contributed by atoms with Gasteiger partial charge in [-0.3, -0.25) is 9.36 Å². The predicted molar refractivity (Wildman–Crippen MR) is 130 cm³/mol. The van der Waals surface area contributed by atoms with Crippen LogP contribution in [-0.4, -0.2) is 34.8 Å². The summed E-state index contributed by atoms with van der Waals surface area (Å²) in [4.78, 5) is 13.7. The van der Waals surface area contributed by atoms with Crippen LogP contribution in [0.3, 0.4) is 0 Å². The second kappa shape index (κ2) is 9.92. The summed E-state index contributed by atoms with van der Waals surface area (Å²) in [6.07, 6.45) is 0. The molecule has 0 saturated heterocycles. The van der Waals surface area contributed by atoms with Crippen LogP contribution in [0.25, 0.3) is 5.69 Å². The highest BCUT2D eigenvalue weighted by Gasteiger charge is 2.27. The molecule has 4 aromatic rings. The summed E-state index contributed by atoms with van der Waals surface area (Å²) in [6.45, 7) is 3.95. The molecular weight excluding hydrogens is 434 g/mol. The van der Waals surface area contributed by atoms with Gasteiger partial charge in [0.15, 0.2) is 10.9 Å². The van der Waals surface area contributed by atoms with Crippen molar-refractivity contribution in [3.05, 3.63) is 95.3 Å². The number of aryl methyl sites for hydroxylation is 2. The third kappa shape index (κ3) is 4.93. The Morgan fingerprint density at radius 3 is 2.12 bits per heavy atom. The van der Waals surface area contributed by atoms with Crippen LogP contribution in [0.4, 0.5) is 0 Å². The molecule has 0 aliphatic rings. The van der Waals surface area contributed by atoms with Crippen molar-refractivity contribution in [2.75, 3.05) is 14.2 Å². The number of Topliss-reactive ketones (excluding diaryl/α,β-unsaturated/α-hetero) is 1.